The number of nitrogens with zero attached hydrogens (tertiary/aromatic N) is 2. The molecule has 1 aromatic carbocycles. The molecule has 19 heavy (non-hydrogen) atoms. The van der Waals surface area contributed by atoms with E-state index in [0.29, 0.717) is 22.3 Å². The zero-order valence-corrected chi connectivity index (χ0v) is 10.9. The Morgan fingerprint density at radius 2 is 2.05 bits per heavy atom. The minimum absolute atomic E-state index is 0.0367. The van der Waals surface area contributed by atoms with Gasteiger partial charge in [0.1, 0.15) is 5.75 Å². The van der Waals surface area contributed by atoms with Gasteiger partial charge in [-0.25, -0.2) is 0 Å². The van der Waals surface area contributed by atoms with Crippen molar-refractivity contribution < 1.29 is 14.4 Å². The normalized spacial score (nSPS) is 16.7. The van der Waals surface area contributed by atoms with Gasteiger partial charge in [0.05, 0.1) is 5.56 Å². The van der Waals surface area contributed by atoms with E-state index in [4.69, 9.17) is 20.9 Å². The molecule has 1 aliphatic rings. The molecule has 0 unspecified atom stereocenters. The van der Waals surface area contributed by atoms with Crippen molar-refractivity contribution in [1.29, 1.82) is 0 Å². The second-order valence-electron chi connectivity index (χ2n) is 4.51. The number of aromatic nitrogens is 2. The van der Waals surface area contributed by atoms with Crippen molar-refractivity contribution >= 4 is 11.6 Å². The van der Waals surface area contributed by atoms with Gasteiger partial charge < -0.3 is 14.4 Å². The van der Waals surface area contributed by atoms with Crippen LogP contribution in [0.15, 0.2) is 22.7 Å². The van der Waals surface area contributed by atoms with Crippen LogP contribution in [0.1, 0.15) is 24.6 Å². The molecule has 3 rings (SSSR count). The van der Waals surface area contributed by atoms with Crippen molar-refractivity contribution in [3.8, 4) is 17.2 Å². The Balaban J connectivity index is 1.87. The molecule has 1 saturated heterocycles. The van der Waals surface area contributed by atoms with Gasteiger partial charge in [-0.2, -0.15) is 4.98 Å². The Kier molecular flexibility index (Phi) is 3.40. The summed E-state index contributed by atoms with van der Waals surface area (Å²) in [4.78, 5) is 4.36. The summed E-state index contributed by atoms with van der Waals surface area (Å²) < 4.78 is 10.5. The minimum atomic E-state index is 0.0367. The minimum Gasteiger partial charge on any atom is -0.507 e. The van der Waals surface area contributed by atoms with Gasteiger partial charge in [0.25, 0.3) is 5.89 Å². The number of hydrogen-bond donors (Lipinski definition) is 1. The van der Waals surface area contributed by atoms with Gasteiger partial charge in [-0.1, -0.05) is 16.8 Å². The van der Waals surface area contributed by atoms with Crippen molar-refractivity contribution in [3.63, 3.8) is 0 Å². The zero-order valence-electron chi connectivity index (χ0n) is 10.2. The van der Waals surface area contributed by atoms with Crippen LogP contribution in [0.3, 0.4) is 0 Å². The average molecular weight is 281 g/mol. The highest BCUT2D eigenvalue weighted by atomic mass is 35.5. The Morgan fingerprint density at radius 1 is 1.26 bits per heavy atom. The third-order valence-corrected chi connectivity index (χ3v) is 3.45. The lowest BCUT2D eigenvalue weighted by molar-refractivity contribution is 0.0830. The van der Waals surface area contributed by atoms with Gasteiger partial charge in [0.15, 0.2) is 5.82 Å². The predicted molar refractivity (Wildman–Crippen MR) is 69.2 cm³/mol. The van der Waals surface area contributed by atoms with Crippen LogP contribution in [-0.4, -0.2) is 28.5 Å². The maximum Gasteiger partial charge on any atom is 0.261 e. The van der Waals surface area contributed by atoms with Crippen LogP contribution in [0, 0.1) is 0 Å². The number of phenols is 1. The summed E-state index contributed by atoms with van der Waals surface area (Å²) in [5.74, 6) is 1.29. The largest absolute Gasteiger partial charge is 0.507 e. The summed E-state index contributed by atoms with van der Waals surface area (Å²) in [5, 5.41) is 14.3. The first-order valence-corrected chi connectivity index (χ1v) is 6.52. The van der Waals surface area contributed by atoms with Gasteiger partial charge in [-0.05, 0) is 31.0 Å². The van der Waals surface area contributed by atoms with Crippen molar-refractivity contribution in [2.75, 3.05) is 13.2 Å². The van der Waals surface area contributed by atoms with E-state index in [1.807, 2.05) is 0 Å². The molecule has 5 nitrogen and oxygen atoms in total. The summed E-state index contributed by atoms with van der Waals surface area (Å²) in [6.07, 6.45) is 1.79. The van der Waals surface area contributed by atoms with Crippen LogP contribution >= 0.6 is 11.6 Å². The molecule has 1 N–H and O–H groups in total. The molecule has 0 bridgehead atoms. The number of phenolic OH excluding ortho intramolecular Hbond substituents is 1. The van der Waals surface area contributed by atoms with Crippen LogP contribution in [0.2, 0.25) is 5.02 Å². The lowest BCUT2D eigenvalue weighted by Crippen LogP contribution is -2.15. The molecule has 0 atom stereocenters. The zero-order chi connectivity index (χ0) is 13.2. The van der Waals surface area contributed by atoms with Crippen molar-refractivity contribution in [2.45, 2.75) is 18.8 Å². The lowest BCUT2D eigenvalue weighted by Gasteiger charge is -2.18. The Morgan fingerprint density at radius 3 is 2.79 bits per heavy atom. The third-order valence-electron chi connectivity index (χ3n) is 3.22. The van der Waals surface area contributed by atoms with Crippen molar-refractivity contribution in [3.05, 3.63) is 29.0 Å². The Labute approximate surface area is 115 Å². The summed E-state index contributed by atoms with van der Waals surface area (Å²) >= 11 is 5.79. The average Bonchev–Trinajstić information content (AvgIpc) is 2.89. The third kappa shape index (κ3) is 2.57. The van der Waals surface area contributed by atoms with E-state index in [9.17, 15) is 5.11 Å². The van der Waals surface area contributed by atoms with Crippen molar-refractivity contribution in [2.24, 2.45) is 0 Å². The summed E-state index contributed by atoms with van der Waals surface area (Å²) in [6, 6.07) is 4.79. The molecule has 1 aromatic heterocycles. The van der Waals surface area contributed by atoms with E-state index in [1.54, 1.807) is 12.1 Å². The number of ether oxygens (including phenoxy) is 1. The highest BCUT2D eigenvalue weighted by Crippen LogP contribution is 2.32. The molecular formula is C13H13ClN2O3. The van der Waals surface area contributed by atoms with Gasteiger partial charge in [-0.15, -0.1) is 0 Å². The second-order valence-corrected chi connectivity index (χ2v) is 4.94. The predicted octanol–water partition coefficient (Wildman–Crippen LogP) is 2.99. The molecule has 100 valence electrons. The fourth-order valence-electron chi connectivity index (χ4n) is 2.15. The van der Waals surface area contributed by atoms with E-state index in [1.165, 1.54) is 6.07 Å². The first-order valence-electron chi connectivity index (χ1n) is 6.14. The van der Waals surface area contributed by atoms with Crippen LogP contribution in [0.25, 0.3) is 11.5 Å². The molecular weight excluding hydrogens is 268 g/mol. The number of aromatic hydroxyl groups is 1. The van der Waals surface area contributed by atoms with Gasteiger partial charge in [0, 0.05) is 24.2 Å². The van der Waals surface area contributed by atoms with E-state index in [0.717, 1.165) is 26.1 Å². The fraction of sp³-hybridized carbons (Fsp3) is 0.385. The number of benzene rings is 1. The van der Waals surface area contributed by atoms with E-state index >= 15 is 0 Å². The first-order chi connectivity index (χ1) is 9.24. The number of halogens is 1. The fourth-order valence-corrected chi connectivity index (χ4v) is 2.32. The van der Waals surface area contributed by atoms with Gasteiger partial charge in [0.2, 0.25) is 0 Å². The molecule has 2 heterocycles. The smallest absolute Gasteiger partial charge is 0.261 e. The second kappa shape index (κ2) is 5.19. The van der Waals surface area contributed by atoms with Gasteiger partial charge >= 0.3 is 0 Å². The van der Waals surface area contributed by atoms with Crippen LogP contribution in [0.5, 0.6) is 5.75 Å². The van der Waals surface area contributed by atoms with Gasteiger partial charge in [-0.3, -0.25) is 0 Å². The highest BCUT2D eigenvalue weighted by Gasteiger charge is 2.22. The Hall–Kier alpha value is -1.59. The summed E-state index contributed by atoms with van der Waals surface area (Å²) in [6.45, 7) is 1.45. The van der Waals surface area contributed by atoms with Crippen LogP contribution in [0.4, 0.5) is 0 Å². The molecule has 1 fully saturated rings. The van der Waals surface area contributed by atoms with Crippen LogP contribution < -0.4 is 0 Å². The Bertz CT molecular complexity index is 579. The summed E-state index contributed by atoms with van der Waals surface area (Å²) in [5.41, 5.74) is 0.496. The quantitative estimate of drug-likeness (QED) is 0.916. The summed E-state index contributed by atoms with van der Waals surface area (Å²) in [7, 11) is 0. The molecule has 0 aliphatic carbocycles. The first kappa shape index (κ1) is 12.4. The molecule has 0 radical (unpaired) electrons. The number of hydrogen-bond acceptors (Lipinski definition) is 5. The van der Waals surface area contributed by atoms with E-state index < -0.39 is 0 Å². The monoisotopic (exact) mass is 280 g/mol. The van der Waals surface area contributed by atoms with Crippen molar-refractivity contribution in [1.82, 2.24) is 10.1 Å². The SMILES string of the molecule is Oc1cc(Cl)ccc1-c1nc(C2CCOCC2)no1. The molecule has 0 amide bonds. The molecule has 1 aliphatic heterocycles. The lowest BCUT2D eigenvalue weighted by atomic mass is 10.00. The topological polar surface area (TPSA) is 68.4 Å². The maximum atomic E-state index is 9.83. The standard InChI is InChI=1S/C13H13ClN2O3/c14-9-1-2-10(11(17)7-9)13-15-12(16-19-13)8-3-5-18-6-4-8/h1-2,7-8,17H,3-6H2. The molecule has 0 saturated carbocycles. The highest BCUT2D eigenvalue weighted by molar-refractivity contribution is 6.30. The maximum absolute atomic E-state index is 9.83. The van der Waals surface area contributed by atoms with Crippen LogP contribution in [-0.2, 0) is 4.74 Å². The molecule has 0 spiro atoms. The van der Waals surface area contributed by atoms with E-state index in [-0.39, 0.29) is 11.7 Å². The van der Waals surface area contributed by atoms with E-state index in [2.05, 4.69) is 10.1 Å². The molecule has 6 heteroatoms. The number of rotatable bonds is 2. The molecule has 2 aromatic rings.